The molecule has 1 aliphatic heterocycles. The van der Waals surface area contributed by atoms with Crippen LogP contribution in [-0.2, 0) is 4.79 Å². The molecule has 0 aromatic heterocycles. The Labute approximate surface area is 102 Å². The van der Waals surface area contributed by atoms with Crippen LogP contribution in [0.1, 0.15) is 6.92 Å². The van der Waals surface area contributed by atoms with Gasteiger partial charge < -0.3 is 15.5 Å². The van der Waals surface area contributed by atoms with Crippen molar-refractivity contribution in [2.24, 2.45) is 0 Å². The fraction of sp³-hybridized carbons (Fsp3) is 0.462. The lowest BCUT2D eigenvalue weighted by Gasteiger charge is -2.29. The molecule has 0 aliphatic carbocycles. The maximum Gasteiger partial charge on any atom is 0.245 e. The molecule has 0 radical (unpaired) electrons. The van der Waals surface area contributed by atoms with Crippen molar-refractivity contribution in [3.8, 4) is 0 Å². The van der Waals surface area contributed by atoms with E-state index in [9.17, 15) is 4.79 Å². The maximum atomic E-state index is 12.4. The van der Waals surface area contributed by atoms with E-state index in [4.69, 9.17) is 0 Å². The second-order valence-corrected chi connectivity index (χ2v) is 4.13. The molecular formula is C13H19N3O. The van der Waals surface area contributed by atoms with Gasteiger partial charge in [0.1, 0.15) is 0 Å². The van der Waals surface area contributed by atoms with Crippen molar-refractivity contribution < 1.29 is 4.79 Å². The molecule has 1 amide bonds. The van der Waals surface area contributed by atoms with Gasteiger partial charge in [0.15, 0.2) is 0 Å². The zero-order chi connectivity index (χ0) is 12.1. The number of anilines is 1. The van der Waals surface area contributed by atoms with Gasteiger partial charge in [0.2, 0.25) is 5.91 Å². The minimum absolute atomic E-state index is 0.107. The zero-order valence-electron chi connectivity index (χ0n) is 10.1. The number of likely N-dealkylation sites (N-methyl/N-ethyl adjacent to an activating group) is 1. The number of benzene rings is 1. The number of carbonyl (C=O) groups is 1. The largest absolute Gasteiger partial charge is 0.313 e. The molecule has 1 aromatic carbocycles. The van der Waals surface area contributed by atoms with E-state index in [0.717, 1.165) is 18.8 Å². The lowest BCUT2D eigenvalue weighted by atomic mass is 10.2. The summed E-state index contributed by atoms with van der Waals surface area (Å²) in [6, 6.07) is 9.71. The average molecular weight is 233 g/mol. The Morgan fingerprint density at radius 2 is 2.12 bits per heavy atom. The molecule has 1 aliphatic rings. The van der Waals surface area contributed by atoms with Gasteiger partial charge in [-0.1, -0.05) is 18.2 Å². The minimum Gasteiger partial charge on any atom is -0.313 e. The van der Waals surface area contributed by atoms with Gasteiger partial charge >= 0.3 is 0 Å². The molecule has 2 N–H and O–H groups in total. The number of amides is 1. The molecule has 4 heteroatoms. The van der Waals surface area contributed by atoms with E-state index in [0.29, 0.717) is 13.1 Å². The summed E-state index contributed by atoms with van der Waals surface area (Å²) in [6.45, 7) is 5.19. The van der Waals surface area contributed by atoms with Crippen LogP contribution in [0.5, 0.6) is 0 Å². The van der Waals surface area contributed by atoms with Crippen molar-refractivity contribution in [3.63, 3.8) is 0 Å². The number of hydrogen-bond donors (Lipinski definition) is 2. The van der Waals surface area contributed by atoms with Crippen molar-refractivity contribution >= 4 is 11.6 Å². The van der Waals surface area contributed by atoms with Crippen molar-refractivity contribution in [1.29, 1.82) is 0 Å². The zero-order valence-corrected chi connectivity index (χ0v) is 10.1. The third kappa shape index (κ3) is 2.84. The Hall–Kier alpha value is -1.39. The first-order chi connectivity index (χ1) is 8.33. The molecule has 1 unspecified atom stereocenters. The molecule has 1 atom stereocenters. The number of nitrogens with zero attached hydrogens (tertiary/aromatic N) is 1. The van der Waals surface area contributed by atoms with Crippen LogP contribution in [0.2, 0.25) is 0 Å². The van der Waals surface area contributed by atoms with Gasteiger partial charge in [-0.2, -0.15) is 0 Å². The third-order valence-corrected chi connectivity index (χ3v) is 2.99. The standard InChI is InChI=1S/C13H19N3O/c1-2-16(11-6-4-3-5-7-11)13(17)12-10-14-8-9-15-12/h3-7,12,14-15H,2,8-10H2,1H3. The van der Waals surface area contributed by atoms with Crippen LogP contribution < -0.4 is 15.5 Å². The Kier molecular flexibility index (Phi) is 4.12. The quantitative estimate of drug-likeness (QED) is 0.803. The predicted octanol–water partition coefficient (Wildman–Crippen LogP) is 0.601. The van der Waals surface area contributed by atoms with Gasteiger partial charge in [-0.25, -0.2) is 0 Å². The molecule has 17 heavy (non-hydrogen) atoms. The Balaban J connectivity index is 2.10. The third-order valence-electron chi connectivity index (χ3n) is 2.99. The smallest absolute Gasteiger partial charge is 0.245 e. The van der Waals surface area contributed by atoms with E-state index in [2.05, 4.69) is 10.6 Å². The van der Waals surface area contributed by atoms with E-state index in [-0.39, 0.29) is 11.9 Å². The summed E-state index contributed by atoms with van der Waals surface area (Å²) < 4.78 is 0. The Morgan fingerprint density at radius 1 is 1.35 bits per heavy atom. The highest BCUT2D eigenvalue weighted by atomic mass is 16.2. The Morgan fingerprint density at radius 3 is 2.71 bits per heavy atom. The number of para-hydroxylation sites is 1. The first kappa shape index (κ1) is 12.1. The summed E-state index contributed by atoms with van der Waals surface area (Å²) in [4.78, 5) is 14.2. The first-order valence-corrected chi connectivity index (χ1v) is 6.13. The van der Waals surface area contributed by atoms with Crippen LogP contribution >= 0.6 is 0 Å². The minimum atomic E-state index is -0.107. The number of nitrogens with one attached hydrogen (secondary N) is 2. The lowest BCUT2D eigenvalue weighted by Crippen LogP contribution is -2.56. The topological polar surface area (TPSA) is 44.4 Å². The summed E-state index contributed by atoms with van der Waals surface area (Å²) in [6.07, 6.45) is 0. The fourth-order valence-corrected chi connectivity index (χ4v) is 2.09. The molecule has 0 saturated carbocycles. The summed E-state index contributed by atoms with van der Waals surface area (Å²) >= 11 is 0. The molecule has 1 aromatic rings. The van der Waals surface area contributed by atoms with Gasteiger partial charge in [-0.05, 0) is 19.1 Å². The molecular weight excluding hydrogens is 214 g/mol. The second-order valence-electron chi connectivity index (χ2n) is 4.13. The van der Waals surface area contributed by atoms with Gasteiger partial charge in [-0.15, -0.1) is 0 Å². The molecule has 1 saturated heterocycles. The summed E-state index contributed by atoms with van der Waals surface area (Å²) in [5.74, 6) is 0.144. The predicted molar refractivity (Wildman–Crippen MR) is 69.1 cm³/mol. The van der Waals surface area contributed by atoms with Crippen molar-refractivity contribution in [3.05, 3.63) is 30.3 Å². The number of hydrogen-bond acceptors (Lipinski definition) is 3. The van der Waals surface area contributed by atoms with Crippen LogP contribution in [0.25, 0.3) is 0 Å². The number of rotatable bonds is 3. The van der Waals surface area contributed by atoms with Crippen molar-refractivity contribution in [2.75, 3.05) is 31.1 Å². The van der Waals surface area contributed by atoms with Gasteiger partial charge in [0.05, 0.1) is 6.04 Å². The van der Waals surface area contributed by atoms with E-state index in [1.165, 1.54) is 0 Å². The van der Waals surface area contributed by atoms with E-state index >= 15 is 0 Å². The summed E-state index contributed by atoms with van der Waals surface area (Å²) in [5, 5.41) is 6.49. The van der Waals surface area contributed by atoms with Crippen LogP contribution in [-0.4, -0.2) is 38.1 Å². The number of piperazine rings is 1. The monoisotopic (exact) mass is 233 g/mol. The van der Waals surface area contributed by atoms with Gasteiger partial charge in [-0.3, -0.25) is 4.79 Å². The van der Waals surface area contributed by atoms with Crippen molar-refractivity contribution in [1.82, 2.24) is 10.6 Å². The van der Waals surface area contributed by atoms with E-state index < -0.39 is 0 Å². The highest BCUT2D eigenvalue weighted by molar-refractivity contribution is 5.97. The van der Waals surface area contributed by atoms with E-state index in [1.807, 2.05) is 42.2 Å². The summed E-state index contributed by atoms with van der Waals surface area (Å²) in [5.41, 5.74) is 0.965. The van der Waals surface area contributed by atoms with Gasteiger partial charge in [0.25, 0.3) is 0 Å². The van der Waals surface area contributed by atoms with Gasteiger partial charge in [0, 0.05) is 31.9 Å². The second kappa shape index (κ2) is 5.80. The van der Waals surface area contributed by atoms with E-state index in [1.54, 1.807) is 0 Å². The normalized spacial score (nSPS) is 19.9. The van der Waals surface area contributed by atoms with Crippen LogP contribution in [0.15, 0.2) is 30.3 Å². The fourth-order valence-electron chi connectivity index (χ4n) is 2.09. The molecule has 0 bridgehead atoms. The van der Waals surface area contributed by atoms with Crippen molar-refractivity contribution in [2.45, 2.75) is 13.0 Å². The molecule has 0 spiro atoms. The molecule has 2 rings (SSSR count). The lowest BCUT2D eigenvalue weighted by molar-refractivity contribution is -0.120. The average Bonchev–Trinajstić information content (AvgIpc) is 2.42. The summed E-state index contributed by atoms with van der Waals surface area (Å²) in [7, 11) is 0. The Bertz CT molecular complexity index is 360. The molecule has 92 valence electrons. The van der Waals surface area contributed by atoms with Crippen LogP contribution in [0.4, 0.5) is 5.69 Å². The highest BCUT2D eigenvalue weighted by Crippen LogP contribution is 2.14. The number of carbonyl (C=O) groups excluding carboxylic acids is 1. The van der Waals surface area contributed by atoms with Crippen LogP contribution in [0.3, 0.4) is 0 Å². The van der Waals surface area contributed by atoms with Crippen LogP contribution in [0, 0.1) is 0 Å². The maximum absolute atomic E-state index is 12.4. The SMILES string of the molecule is CCN(C(=O)C1CNCCN1)c1ccccc1. The first-order valence-electron chi connectivity index (χ1n) is 6.13. The molecule has 4 nitrogen and oxygen atoms in total. The highest BCUT2D eigenvalue weighted by Gasteiger charge is 2.25. The molecule has 1 fully saturated rings. The molecule has 1 heterocycles.